The maximum atomic E-state index is 11.7. The largest absolute Gasteiger partial charge is 0.481 e. The minimum Gasteiger partial charge on any atom is -0.481 e. The Bertz CT molecular complexity index is 418. The molecule has 0 aliphatic rings. The maximum Gasteiger partial charge on any atom is 0.317 e. The van der Waals surface area contributed by atoms with E-state index < -0.39 is 17.2 Å². The van der Waals surface area contributed by atoms with Crippen LogP contribution in [0.2, 0.25) is 0 Å². The van der Waals surface area contributed by atoms with E-state index in [1.54, 1.807) is 0 Å². The molecular formula is C24H46O4S2. The second kappa shape index (κ2) is 21.9. The van der Waals surface area contributed by atoms with E-state index in [0.717, 1.165) is 23.6 Å². The number of unbranched alkanes of at least 4 members (excludes halogenated alkanes) is 12. The number of aliphatic carboxylic acids is 2. The van der Waals surface area contributed by atoms with Gasteiger partial charge in [0, 0.05) is 0 Å². The van der Waals surface area contributed by atoms with Crippen molar-refractivity contribution in [2.45, 2.75) is 128 Å². The van der Waals surface area contributed by atoms with Crippen molar-refractivity contribution in [1.29, 1.82) is 0 Å². The highest BCUT2D eigenvalue weighted by molar-refractivity contribution is 8.77. The minimum atomic E-state index is -0.890. The zero-order chi connectivity index (χ0) is 22.5. The summed E-state index contributed by atoms with van der Waals surface area (Å²) in [6.45, 7) is 4.47. The van der Waals surface area contributed by atoms with E-state index in [-0.39, 0.29) is 5.75 Å². The molecule has 2 atom stereocenters. The molecule has 6 heteroatoms. The topological polar surface area (TPSA) is 74.6 Å². The molecule has 0 aromatic carbocycles. The normalized spacial score (nSPS) is 13.3. The van der Waals surface area contributed by atoms with Crippen molar-refractivity contribution in [1.82, 2.24) is 0 Å². The third kappa shape index (κ3) is 19.6. The predicted molar refractivity (Wildman–Crippen MR) is 132 cm³/mol. The van der Waals surface area contributed by atoms with Gasteiger partial charge in [-0.05, 0) is 12.3 Å². The van der Waals surface area contributed by atoms with Crippen LogP contribution in [-0.4, -0.2) is 33.2 Å². The Morgan fingerprint density at radius 1 is 0.700 bits per heavy atom. The Morgan fingerprint density at radius 3 is 1.53 bits per heavy atom. The number of hydrogen-bond acceptors (Lipinski definition) is 4. The Hall–Kier alpha value is -0.360. The lowest BCUT2D eigenvalue weighted by atomic mass is 9.90. The van der Waals surface area contributed by atoms with Gasteiger partial charge in [-0.2, -0.15) is 0 Å². The van der Waals surface area contributed by atoms with Crippen LogP contribution in [0, 0.1) is 5.92 Å². The molecule has 0 aliphatic heterocycles. The summed E-state index contributed by atoms with van der Waals surface area (Å²) in [5, 5.41) is 17.9. The molecule has 2 unspecified atom stereocenters. The third-order valence-electron chi connectivity index (χ3n) is 5.62. The first-order chi connectivity index (χ1) is 14.5. The van der Waals surface area contributed by atoms with Gasteiger partial charge in [0.1, 0.15) is 11.0 Å². The van der Waals surface area contributed by atoms with Crippen molar-refractivity contribution in [2.24, 2.45) is 5.92 Å². The van der Waals surface area contributed by atoms with Gasteiger partial charge in [-0.25, -0.2) is 0 Å². The Balaban J connectivity index is 4.34. The second-order valence-corrected chi connectivity index (χ2v) is 11.1. The Labute approximate surface area is 193 Å². The zero-order valence-corrected chi connectivity index (χ0v) is 21.0. The van der Waals surface area contributed by atoms with Crippen molar-refractivity contribution in [3.63, 3.8) is 0 Å². The van der Waals surface area contributed by atoms with Crippen LogP contribution in [0.25, 0.3) is 0 Å². The van der Waals surface area contributed by atoms with E-state index in [4.69, 9.17) is 5.11 Å². The standard InChI is InChI=1S/C24H46O4S2/c1-3-5-7-9-11-12-14-16-18-21(17-15-13-10-8-6-4-2)19-22(24(27)28)30-29-20-23(25)26/h21-22H,3-20H2,1-2H3,(H,25,26)(H,27,28). The van der Waals surface area contributed by atoms with Gasteiger partial charge in [-0.3, -0.25) is 9.59 Å². The highest BCUT2D eigenvalue weighted by Gasteiger charge is 2.23. The van der Waals surface area contributed by atoms with Crippen LogP contribution in [0.4, 0.5) is 0 Å². The van der Waals surface area contributed by atoms with Crippen LogP contribution >= 0.6 is 21.6 Å². The number of carbonyl (C=O) groups is 2. The Kier molecular flexibility index (Phi) is 21.6. The van der Waals surface area contributed by atoms with Crippen molar-refractivity contribution in [2.75, 3.05) is 5.75 Å². The van der Waals surface area contributed by atoms with Crippen molar-refractivity contribution >= 4 is 33.5 Å². The molecule has 0 aromatic rings. The molecule has 0 amide bonds. The molecule has 0 heterocycles. The number of carboxylic acid groups (broad SMARTS) is 2. The highest BCUT2D eigenvalue weighted by atomic mass is 33.1. The third-order valence-corrected chi connectivity index (χ3v) is 8.21. The molecule has 4 nitrogen and oxygen atoms in total. The lowest BCUT2D eigenvalue weighted by Crippen LogP contribution is -2.20. The molecule has 178 valence electrons. The summed E-state index contributed by atoms with van der Waals surface area (Å²) in [6, 6.07) is 0. The summed E-state index contributed by atoms with van der Waals surface area (Å²) in [4.78, 5) is 22.4. The predicted octanol–water partition coefficient (Wildman–Crippen LogP) is 8.19. The van der Waals surface area contributed by atoms with E-state index in [1.807, 2.05) is 0 Å². The Morgan fingerprint density at radius 2 is 1.13 bits per heavy atom. The van der Waals surface area contributed by atoms with E-state index in [9.17, 15) is 14.7 Å². The van der Waals surface area contributed by atoms with Gasteiger partial charge >= 0.3 is 11.9 Å². The van der Waals surface area contributed by atoms with Gasteiger partial charge in [0.25, 0.3) is 0 Å². The highest BCUT2D eigenvalue weighted by Crippen LogP contribution is 2.34. The first-order valence-electron chi connectivity index (χ1n) is 12.2. The summed E-state index contributed by atoms with van der Waals surface area (Å²) in [5.74, 6) is -1.30. The van der Waals surface area contributed by atoms with Gasteiger partial charge in [0.05, 0.1) is 0 Å². The quantitative estimate of drug-likeness (QED) is 0.118. The average Bonchev–Trinajstić information content (AvgIpc) is 2.70. The first-order valence-corrected chi connectivity index (χ1v) is 14.6. The lowest BCUT2D eigenvalue weighted by Gasteiger charge is -2.21. The van der Waals surface area contributed by atoms with Gasteiger partial charge in [-0.15, -0.1) is 0 Å². The number of carboxylic acids is 2. The molecule has 0 aromatic heterocycles. The summed E-state index contributed by atoms with van der Waals surface area (Å²) in [7, 11) is 2.38. The minimum absolute atomic E-state index is 0.0471. The molecule has 0 fully saturated rings. The number of hydrogen-bond donors (Lipinski definition) is 2. The zero-order valence-electron chi connectivity index (χ0n) is 19.4. The second-order valence-electron chi connectivity index (χ2n) is 8.50. The van der Waals surface area contributed by atoms with Crippen LogP contribution in [0.3, 0.4) is 0 Å². The summed E-state index contributed by atoms with van der Waals surface area (Å²) >= 11 is 0. The van der Waals surface area contributed by atoms with Crippen molar-refractivity contribution in [3.8, 4) is 0 Å². The summed E-state index contributed by atoms with van der Waals surface area (Å²) in [5.41, 5.74) is 0. The van der Waals surface area contributed by atoms with Gasteiger partial charge in [-0.1, -0.05) is 138 Å². The molecule has 2 N–H and O–H groups in total. The van der Waals surface area contributed by atoms with Crippen LogP contribution < -0.4 is 0 Å². The fourth-order valence-electron chi connectivity index (χ4n) is 3.81. The van der Waals surface area contributed by atoms with E-state index in [2.05, 4.69) is 13.8 Å². The summed E-state index contributed by atoms with van der Waals surface area (Å²) < 4.78 is 0. The maximum absolute atomic E-state index is 11.7. The van der Waals surface area contributed by atoms with Crippen LogP contribution in [0.1, 0.15) is 123 Å². The molecule has 0 bridgehead atoms. The number of rotatable bonds is 23. The van der Waals surface area contributed by atoms with Crippen LogP contribution in [0.5, 0.6) is 0 Å². The molecule has 0 saturated heterocycles. The lowest BCUT2D eigenvalue weighted by molar-refractivity contribution is -0.137. The van der Waals surface area contributed by atoms with Gasteiger partial charge in [0.2, 0.25) is 0 Å². The average molecular weight is 463 g/mol. The molecule has 0 radical (unpaired) electrons. The fourth-order valence-corrected chi connectivity index (χ4v) is 6.06. The van der Waals surface area contributed by atoms with E-state index in [1.165, 1.54) is 101 Å². The molecule has 0 saturated carbocycles. The van der Waals surface area contributed by atoms with Gasteiger partial charge < -0.3 is 10.2 Å². The van der Waals surface area contributed by atoms with Crippen molar-refractivity contribution < 1.29 is 19.8 Å². The monoisotopic (exact) mass is 462 g/mol. The van der Waals surface area contributed by atoms with Gasteiger partial charge in [0.15, 0.2) is 0 Å². The molecule has 0 aliphatic carbocycles. The van der Waals surface area contributed by atoms with Crippen molar-refractivity contribution in [3.05, 3.63) is 0 Å². The summed E-state index contributed by atoms with van der Waals surface area (Å²) in [6.07, 6.45) is 20.8. The van der Waals surface area contributed by atoms with Crippen LogP contribution in [-0.2, 0) is 9.59 Å². The first kappa shape index (κ1) is 29.6. The smallest absolute Gasteiger partial charge is 0.317 e. The SMILES string of the molecule is CCCCCCCCCCC(CCCCCCCC)CC(SSCC(=O)O)C(=O)O. The molecule has 30 heavy (non-hydrogen) atoms. The van der Waals surface area contributed by atoms with Crippen LogP contribution in [0.15, 0.2) is 0 Å². The molecule has 0 spiro atoms. The molecular weight excluding hydrogens is 416 g/mol. The molecule has 0 rings (SSSR count). The van der Waals surface area contributed by atoms with E-state index in [0.29, 0.717) is 12.3 Å². The van der Waals surface area contributed by atoms with E-state index >= 15 is 0 Å². The fraction of sp³-hybridized carbons (Fsp3) is 0.917.